The van der Waals surface area contributed by atoms with Crippen LogP contribution in [0.25, 0.3) is 10.2 Å². The molecule has 0 radical (unpaired) electrons. The Morgan fingerprint density at radius 1 is 1.21 bits per heavy atom. The van der Waals surface area contributed by atoms with Crippen molar-refractivity contribution in [2.24, 2.45) is 5.41 Å². The molecule has 8 heteroatoms. The number of ether oxygens (including phenoxy) is 1. The number of nitrogens with zero attached hydrogens (tertiary/aromatic N) is 3. The summed E-state index contributed by atoms with van der Waals surface area (Å²) in [6, 6.07) is 7.68. The van der Waals surface area contributed by atoms with Gasteiger partial charge in [-0.2, -0.15) is 0 Å². The lowest BCUT2D eigenvalue weighted by Gasteiger charge is -2.30. The minimum atomic E-state index is -0.375. The van der Waals surface area contributed by atoms with Gasteiger partial charge in [-0.15, -0.1) is 0 Å². The normalized spacial score (nSPS) is 15.3. The highest BCUT2D eigenvalue weighted by atomic mass is 32.1. The van der Waals surface area contributed by atoms with Gasteiger partial charge in [0.25, 0.3) is 11.1 Å². The number of aromatic nitrogens is 3. The third-order valence-electron chi connectivity index (χ3n) is 4.58. The van der Waals surface area contributed by atoms with Gasteiger partial charge in [0.1, 0.15) is 0 Å². The van der Waals surface area contributed by atoms with Crippen molar-refractivity contribution < 1.29 is 14.3 Å². The fourth-order valence-corrected chi connectivity index (χ4v) is 4.23. The van der Waals surface area contributed by atoms with E-state index in [2.05, 4.69) is 20.3 Å². The number of fused-ring (bicyclic) bond motifs is 2. The molecule has 0 aliphatic heterocycles. The number of carbonyl (C=O) groups excluding carboxylic acids is 2. The average molecular weight is 396 g/mol. The zero-order chi connectivity index (χ0) is 19.9. The summed E-state index contributed by atoms with van der Waals surface area (Å²) in [4.78, 5) is 37.7. The fraction of sp³-hybridized carbons (Fsp3) is 0.350. The molecule has 3 aromatic rings. The number of aryl methyl sites for hydroxylation is 1. The number of para-hydroxylation sites is 1. The van der Waals surface area contributed by atoms with Crippen LogP contribution in [0.3, 0.4) is 0 Å². The van der Waals surface area contributed by atoms with Gasteiger partial charge in [-0.3, -0.25) is 14.9 Å². The molecular formula is C20H20N4O3S. The zero-order valence-corrected chi connectivity index (χ0v) is 16.7. The molecule has 0 atom stereocenters. The number of ketones is 1. The molecule has 28 heavy (non-hydrogen) atoms. The molecule has 7 nitrogen and oxygen atoms in total. The molecule has 0 saturated carbocycles. The van der Waals surface area contributed by atoms with Crippen LogP contribution < -0.4 is 10.1 Å². The van der Waals surface area contributed by atoms with E-state index in [1.54, 1.807) is 6.92 Å². The van der Waals surface area contributed by atoms with Crippen molar-refractivity contribution in [2.75, 3.05) is 11.9 Å². The predicted octanol–water partition coefficient (Wildman–Crippen LogP) is 3.57. The van der Waals surface area contributed by atoms with Crippen molar-refractivity contribution >= 4 is 39.2 Å². The predicted molar refractivity (Wildman–Crippen MR) is 107 cm³/mol. The summed E-state index contributed by atoms with van der Waals surface area (Å²) in [6.45, 7) is 5.65. The molecule has 1 N–H and O–H groups in total. The fourth-order valence-electron chi connectivity index (χ4n) is 3.42. The van der Waals surface area contributed by atoms with Gasteiger partial charge in [-0.25, -0.2) is 15.0 Å². The Bertz CT molecular complexity index is 1060. The molecule has 0 bridgehead atoms. The van der Waals surface area contributed by atoms with Gasteiger partial charge in [-0.05, 0) is 30.9 Å². The van der Waals surface area contributed by atoms with E-state index in [9.17, 15) is 9.59 Å². The number of Topliss-reactive ketones (excluding diaryl/α,β-unsaturated/α-hetero) is 1. The average Bonchev–Trinajstić information content (AvgIpc) is 3.01. The first kappa shape index (κ1) is 18.5. The van der Waals surface area contributed by atoms with Crippen LogP contribution in [0, 0.1) is 12.3 Å². The maximum Gasteiger partial charge on any atom is 0.274 e. The number of nitrogens with one attached hydrogen (secondary N) is 1. The maximum absolute atomic E-state index is 12.4. The molecule has 1 aromatic carbocycles. The summed E-state index contributed by atoms with van der Waals surface area (Å²) in [6.07, 6.45) is 1.15. The van der Waals surface area contributed by atoms with Crippen LogP contribution in [-0.4, -0.2) is 33.2 Å². The number of amides is 1. The highest BCUT2D eigenvalue weighted by Gasteiger charge is 2.33. The molecule has 4 rings (SSSR count). The lowest BCUT2D eigenvalue weighted by molar-refractivity contribution is -0.118. The number of hydrogen-bond acceptors (Lipinski definition) is 7. The Morgan fingerprint density at radius 2 is 2.00 bits per heavy atom. The van der Waals surface area contributed by atoms with Crippen molar-refractivity contribution in [1.29, 1.82) is 0 Å². The topological polar surface area (TPSA) is 94.1 Å². The Kier molecular flexibility index (Phi) is 4.58. The monoisotopic (exact) mass is 396 g/mol. The van der Waals surface area contributed by atoms with E-state index in [1.807, 2.05) is 38.1 Å². The lowest BCUT2D eigenvalue weighted by Crippen LogP contribution is -2.30. The van der Waals surface area contributed by atoms with Crippen LogP contribution in [0.4, 0.5) is 5.95 Å². The minimum absolute atomic E-state index is 0.0563. The second-order valence-corrected chi connectivity index (χ2v) is 8.67. The molecule has 1 aliphatic rings. The number of rotatable bonds is 4. The van der Waals surface area contributed by atoms with Crippen molar-refractivity contribution in [2.45, 2.75) is 33.6 Å². The van der Waals surface area contributed by atoms with Crippen LogP contribution in [0.15, 0.2) is 24.3 Å². The Hall–Kier alpha value is -2.87. The second kappa shape index (κ2) is 6.94. The summed E-state index contributed by atoms with van der Waals surface area (Å²) in [7, 11) is 0. The van der Waals surface area contributed by atoms with E-state index >= 15 is 0 Å². The number of thiazole rings is 1. The van der Waals surface area contributed by atoms with Crippen LogP contribution in [0.2, 0.25) is 0 Å². The third kappa shape index (κ3) is 3.73. The Labute approximate surface area is 166 Å². The molecule has 2 aromatic heterocycles. The van der Waals surface area contributed by atoms with Gasteiger partial charge in [0.2, 0.25) is 5.95 Å². The molecule has 0 fully saturated rings. The van der Waals surface area contributed by atoms with Gasteiger partial charge in [-0.1, -0.05) is 37.3 Å². The molecule has 2 heterocycles. The van der Waals surface area contributed by atoms with Crippen molar-refractivity contribution in [3.63, 3.8) is 0 Å². The molecule has 1 aliphatic carbocycles. The Balaban J connectivity index is 1.46. The first-order valence-corrected chi connectivity index (χ1v) is 9.81. The smallest absolute Gasteiger partial charge is 0.274 e. The van der Waals surface area contributed by atoms with Crippen LogP contribution in [0.1, 0.15) is 42.0 Å². The van der Waals surface area contributed by atoms with E-state index < -0.39 is 0 Å². The zero-order valence-electron chi connectivity index (χ0n) is 15.9. The van der Waals surface area contributed by atoms with Crippen LogP contribution in [0.5, 0.6) is 5.19 Å². The number of anilines is 1. The standard InChI is InChI=1S/C20H20N4O3S/c1-11-17-13(8-20(2,3)9-14(17)25)22-18(21-11)24-16(26)10-27-19-23-12-6-4-5-7-15(12)28-19/h4-7H,8-10H2,1-3H3,(H,21,22,24,26). The summed E-state index contributed by atoms with van der Waals surface area (Å²) >= 11 is 1.38. The summed E-state index contributed by atoms with van der Waals surface area (Å²) in [5.74, 6) is -0.125. The number of carbonyl (C=O) groups is 2. The number of hydrogen-bond donors (Lipinski definition) is 1. The van der Waals surface area contributed by atoms with Crippen LogP contribution >= 0.6 is 11.3 Å². The molecule has 0 spiro atoms. The highest BCUT2D eigenvalue weighted by Crippen LogP contribution is 2.35. The van der Waals surface area contributed by atoms with Gasteiger partial charge >= 0.3 is 0 Å². The van der Waals surface area contributed by atoms with Gasteiger partial charge in [0, 0.05) is 6.42 Å². The van der Waals surface area contributed by atoms with Crippen molar-refractivity contribution in [3.05, 3.63) is 41.2 Å². The molecule has 0 unspecified atom stereocenters. The summed E-state index contributed by atoms with van der Waals surface area (Å²) in [5, 5.41) is 3.09. The van der Waals surface area contributed by atoms with Gasteiger partial charge < -0.3 is 4.74 Å². The van der Waals surface area contributed by atoms with Crippen molar-refractivity contribution in [1.82, 2.24) is 15.0 Å². The van der Waals surface area contributed by atoms with E-state index in [0.717, 1.165) is 10.2 Å². The summed E-state index contributed by atoms with van der Waals surface area (Å²) in [5.41, 5.74) is 2.55. The van der Waals surface area contributed by atoms with Crippen molar-refractivity contribution in [3.8, 4) is 5.19 Å². The van der Waals surface area contributed by atoms with E-state index in [1.165, 1.54) is 11.3 Å². The molecule has 144 valence electrons. The van der Waals surface area contributed by atoms with Gasteiger partial charge in [0.05, 0.1) is 27.2 Å². The quantitative estimate of drug-likeness (QED) is 0.725. The molecule has 0 saturated heterocycles. The molecular weight excluding hydrogens is 376 g/mol. The SMILES string of the molecule is Cc1nc(NC(=O)COc2nc3ccccc3s2)nc2c1C(=O)CC(C)(C)C2. The highest BCUT2D eigenvalue weighted by molar-refractivity contribution is 7.20. The lowest BCUT2D eigenvalue weighted by atomic mass is 9.75. The van der Waals surface area contributed by atoms with Crippen LogP contribution in [-0.2, 0) is 11.2 Å². The minimum Gasteiger partial charge on any atom is -0.460 e. The first-order valence-electron chi connectivity index (χ1n) is 9.00. The largest absolute Gasteiger partial charge is 0.460 e. The van der Waals surface area contributed by atoms with E-state index in [-0.39, 0.29) is 29.7 Å². The summed E-state index contributed by atoms with van der Waals surface area (Å²) < 4.78 is 6.50. The van der Waals surface area contributed by atoms with E-state index in [0.29, 0.717) is 35.0 Å². The molecule has 1 amide bonds. The maximum atomic E-state index is 12.4. The first-order chi connectivity index (χ1) is 13.3. The third-order valence-corrected chi connectivity index (χ3v) is 5.53. The number of benzene rings is 1. The van der Waals surface area contributed by atoms with Gasteiger partial charge in [0.15, 0.2) is 12.4 Å². The second-order valence-electron chi connectivity index (χ2n) is 7.68. The van der Waals surface area contributed by atoms with E-state index in [4.69, 9.17) is 4.74 Å². The Morgan fingerprint density at radius 3 is 2.79 bits per heavy atom.